The first-order valence-electron chi connectivity index (χ1n) is 7.20. The van der Waals surface area contributed by atoms with Gasteiger partial charge in [-0.3, -0.25) is 0 Å². The highest BCUT2D eigenvalue weighted by atomic mass is 32.2. The molecule has 5 nitrogen and oxygen atoms in total. The van der Waals surface area contributed by atoms with Gasteiger partial charge in [-0.25, -0.2) is 17.2 Å². The number of ether oxygens (including phenoxy) is 2. The fourth-order valence-corrected chi connectivity index (χ4v) is 4.64. The molecule has 2 aliphatic rings. The lowest BCUT2D eigenvalue weighted by molar-refractivity contribution is -0.0913. The summed E-state index contributed by atoms with van der Waals surface area (Å²) in [6.45, 7) is 1.10. The van der Waals surface area contributed by atoms with Crippen LogP contribution < -0.4 is 0 Å². The van der Waals surface area contributed by atoms with Crippen molar-refractivity contribution in [2.24, 2.45) is 0 Å². The van der Waals surface area contributed by atoms with Crippen LogP contribution in [0, 0.1) is 11.6 Å². The van der Waals surface area contributed by atoms with Gasteiger partial charge in [-0.2, -0.15) is 4.31 Å². The van der Waals surface area contributed by atoms with E-state index in [2.05, 4.69) is 0 Å². The monoisotopic (exact) mass is 333 g/mol. The van der Waals surface area contributed by atoms with E-state index in [1.165, 1.54) is 4.31 Å². The van der Waals surface area contributed by atoms with Gasteiger partial charge in [0, 0.05) is 12.6 Å². The molecule has 0 unspecified atom stereocenters. The number of piperidine rings is 1. The standard InChI is InChI=1S/C14H17F2NO4S/c15-10-4-5-13(11(16)9-10)22(18,19)17-6-2-1-3-12(17)14-20-7-8-21-14/h4-5,9,12,14H,1-3,6-8H2/t12-/m1/s1. The molecule has 3 rings (SSSR count). The van der Waals surface area contributed by atoms with Crippen LogP contribution in [0.4, 0.5) is 8.78 Å². The minimum atomic E-state index is -4.06. The summed E-state index contributed by atoms with van der Waals surface area (Å²) in [7, 11) is -4.06. The number of sulfonamides is 1. The first kappa shape index (κ1) is 15.8. The highest BCUT2D eigenvalue weighted by Crippen LogP contribution is 2.30. The smallest absolute Gasteiger partial charge is 0.246 e. The molecule has 0 spiro atoms. The van der Waals surface area contributed by atoms with Gasteiger partial charge in [0.1, 0.15) is 16.5 Å². The van der Waals surface area contributed by atoms with E-state index < -0.39 is 38.9 Å². The zero-order valence-corrected chi connectivity index (χ0v) is 12.7. The first-order valence-corrected chi connectivity index (χ1v) is 8.64. The maximum absolute atomic E-state index is 13.9. The van der Waals surface area contributed by atoms with Gasteiger partial charge in [-0.15, -0.1) is 0 Å². The predicted octanol–water partition coefficient (Wildman–Crippen LogP) is 1.88. The number of rotatable bonds is 3. The zero-order valence-electron chi connectivity index (χ0n) is 11.9. The number of hydrogen-bond acceptors (Lipinski definition) is 4. The van der Waals surface area contributed by atoms with Gasteiger partial charge in [0.15, 0.2) is 6.29 Å². The fourth-order valence-electron chi connectivity index (χ4n) is 2.91. The van der Waals surface area contributed by atoms with Gasteiger partial charge in [0.2, 0.25) is 10.0 Å². The molecule has 1 aromatic carbocycles. The van der Waals surface area contributed by atoms with Crippen molar-refractivity contribution in [3.05, 3.63) is 29.8 Å². The summed E-state index contributed by atoms with van der Waals surface area (Å²) in [6, 6.07) is 2.00. The van der Waals surface area contributed by atoms with E-state index in [4.69, 9.17) is 9.47 Å². The van der Waals surface area contributed by atoms with Crippen molar-refractivity contribution >= 4 is 10.0 Å². The summed E-state index contributed by atoms with van der Waals surface area (Å²) in [5, 5.41) is 0. The lowest BCUT2D eigenvalue weighted by Gasteiger charge is -2.36. The van der Waals surface area contributed by atoms with Gasteiger partial charge in [0.25, 0.3) is 0 Å². The second kappa shape index (κ2) is 6.19. The molecular formula is C14H17F2NO4S. The molecule has 2 fully saturated rings. The molecule has 122 valence electrons. The maximum Gasteiger partial charge on any atom is 0.246 e. The van der Waals surface area contributed by atoms with Crippen molar-refractivity contribution < 1.29 is 26.7 Å². The molecule has 0 saturated carbocycles. The van der Waals surface area contributed by atoms with Crippen molar-refractivity contribution in [3.8, 4) is 0 Å². The fraction of sp³-hybridized carbons (Fsp3) is 0.571. The molecule has 8 heteroatoms. The van der Waals surface area contributed by atoms with Crippen LogP contribution >= 0.6 is 0 Å². The van der Waals surface area contributed by atoms with E-state index in [0.29, 0.717) is 32.1 Å². The topological polar surface area (TPSA) is 55.8 Å². The third kappa shape index (κ3) is 2.88. The van der Waals surface area contributed by atoms with Crippen LogP contribution in [0.15, 0.2) is 23.1 Å². The lowest BCUT2D eigenvalue weighted by atomic mass is 10.0. The minimum Gasteiger partial charge on any atom is -0.349 e. The van der Waals surface area contributed by atoms with Crippen LogP contribution in [0.1, 0.15) is 19.3 Å². The molecule has 0 bridgehead atoms. The van der Waals surface area contributed by atoms with Crippen LogP contribution in [0.3, 0.4) is 0 Å². The normalized spacial score (nSPS) is 24.7. The molecule has 2 heterocycles. The second-order valence-corrected chi connectivity index (χ2v) is 7.22. The Morgan fingerprint density at radius 3 is 2.55 bits per heavy atom. The second-order valence-electron chi connectivity index (χ2n) is 5.36. The quantitative estimate of drug-likeness (QED) is 0.847. The Morgan fingerprint density at radius 2 is 1.86 bits per heavy atom. The molecule has 0 aromatic heterocycles. The Kier molecular flexibility index (Phi) is 4.44. The summed E-state index contributed by atoms with van der Waals surface area (Å²) in [5.41, 5.74) is 0. The molecular weight excluding hydrogens is 316 g/mol. The average Bonchev–Trinajstić information content (AvgIpc) is 3.01. The van der Waals surface area contributed by atoms with Crippen LogP contribution in [-0.4, -0.2) is 44.8 Å². The summed E-state index contributed by atoms with van der Waals surface area (Å²) < 4.78 is 64.5. The van der Waals surface area contributed by atoms with Crippen LogP contribution in [0.25, 0.3) is 0 Å². The van der Waals surface area contributed by atoms with Crippen LogP contribution in [0.5, 0.6) is 0 Å². The van der Waals surface area contributed by atoms with Crippen molar-refractivity contribution in [1.82, 2.24) is 4.31 Å². The maximum atomic E-state index is 13.9. The Morgan fingerprint density at radius 1 is 1.14 bits per heavy atom. The molecule has 2 aliphatic heterocycles. The van der Waals surface area contributed by atoms with E-state index in [9.17, 15) is 17.2 Å². The van der Waals surface area contributed by atoms with E-state index in [0.717, 1.165) is 18.6 Å². The number of halogens is 2. The molecule has 22 heavy (non-hydrogen) atoms. The van der Waals surface area contributed by atoms with Crippen LogP contribution in [-0.2, 0) is 19.5 Å². The summed E-state index contributed by atoms with van der Waals surface area (Å²) in [6.07, 6.45) is 1.50. The molecule has 0 aliphatic carbocycles. The number of benzene rings is 1. The number of hydrogen-bond donors (Lipinski definition) is 0. The molecule has 1 aromatic rings. The largest absolute Gasteiger partial charge is 0.349 e. The Hall–Kier alpha value is -1.09. The van der Waals surface area contributed by atoms with Gasteiger partial charge >= 0.3 is 0 Å². The van der Waals surface area contributed by atoms with Gasteiger partial charge in [-0.05, 0) is 25.0 Å². The molecule has 0 radical (unpaired) electrons. The number of nitrogens with zero attached hydrogens (tertiary/aromatic N) is 1. The Bertz CT molecular complexity index is 646. The van der Waals surface area contributed by atoms with Gasteiger partial charge in [0.05, 0.1) is 19.3 Å². The SMILES string of the molecule is O=S(=O)(c1ccc(F)cc1F)N1CCCC[C@@H]1C1OCCO1. The molecule has 0 amide bonds. The first-order chi connectivity index (χ1) is 10.5. The third-order valence-corrected chi connectivity index (χ3v) is 5.90. The van der Waals surface area contributed by atoms with Gasteiger partial charge < -0.3 is 9.47 Å². The molecule has 1 atom stereocenters. The van der Waals surface area contributed by atoms with E-state index in [1.807, 2.05) is 0 Å². The molecule has 2 saturated heterocycles. The van der Waals surface area contributed by atoms with E-state index in [1.54, 1.807) is 0 Å². The van der Waals surface area contributed by atoms with Gasteiger partial charge in [-0.1, -0.05) is 6.42 Å². The highest BCUT2D eigenvalue weighted by Gasteiger charge is 2.41. The summed E-state index contributed by atoms with van der Waals surface area (Å²) in [4.78, 5) is -0.515. The van der Waals surface area contributed by atoms with E-state index >= 15 is 0 Å². The minimum absolute atomic E-state index is 0.271. The average molecular weight is 333 g/mol. The molecule has 0 N–H and O–H groups in total. The summed E-state index contributed by atoms with van der Waals surface area (Å²) in [5.74, 6) is -1.90. The third-order valence-electron chi connectivity index (χ3n) is 3.94. The Balaban J connectivity index is 1.94. The zero-order chi connectivity index (χ0) is 15.7. The van der Waals surface area contributed by atoms with Crippen LogP contribution in [0.2, 0.25) is 0 Å². The summed E-state index contributed by atoms with van der Waals surface area (Å²) >= 11 is 0. The van der Waals surface area contributed by atoms with Crippen molar-refractivity contribution in [3.63, 3.8) is 0 Å². The lowest BCUT2D eigenvalue weighted by Crippen LogP contribution is -2.50. The van der Waals surface area contributed by atoms with E-state index in [-0.39, 0.29) is 6.54 Å². The van der Waals surface area contributed by atoms with Crippen molar-refractivity contribution in [2.75, 3.05) is 19.8 Å². The predicted molar refractivity (Wildman–Crippen MR) is 73.6 cm³/mol. The van der Waals surface area contributed by atoms with Crippen molar-refractivity contribution in [1.29, 1.82) is 0 Å². The Labute approximate surface area is 127 Å². The van der Waals surface area contributed by atoms with Crippen molar-refractivity contribution in [2.45, 2.75) is 36.5 Å². The highest BCUT2D eigenvalue weighted by molar-refractivity contribution is 7.89.